The fourth-order valence-corrected chi connectivity index (χ4v) is 5.87. The monoisotopic (exact) mass is 715 g/mol. The molecule has 0 heterocycles. The Hall–Kier alpha value is -6.95. The molecular weight excluding hydrogens is 693 g/mol. The van der Waals surface area contributed by atoms with E-state index in [1.165, 1.54) is 0 Å². The molecule has 0 aliphatic heterocycles. The molecule has 7 aromatic rings. The van der Waals surface area contributed by atoms with Crippen molar-refractivity contribution < 1.29 is 18.9 Å². The summed E-state index contributed by atoms with van der Waals surface area (Å²) < 4.78 is 24.2. The zero-order chi connectivity index (χ0) is 36.0. The third-order valence-electron chi connectivity index (χ3n) is 8.01. The lowest BCUT2D eigenvalue weighted by Gasteiger charge is -2.13. The molecule has 0 spiro atoms. The Bertz CT molecular complexity index is 2590. The minimum atomic E-state index is 0.239. The van der Waals surface area contributed by atoms with Crippen LogP contribution in [0.15, 0.2) is 140 Å². The summed E-state index contributed by atoms with van der Waals surface area (Å²) in [6, 6.07) is 47.8. The molecule has 0 aliphatic carbocycles. The van der Waals surface area contributed by atoms with Crippen LogP contribution in [0, 0.1) is 34.0 Å². The molecule has 52 heavy (non-hydrogen) atoms. The summed E-state index contributed by atoms with van der Waals surface area (Å²) in [6.45, 7) is 0. The average Bonchev–Trinajstić information content (AvgIpc) is 3.16. The van der Waals surface area contributed by atoms with Crippen LogP contribution in [0.5, 0.6) is 46.0 Å². The summed E-state index contributed by atoms with van der Waals surface area (Å²) in [7, 11) is 0. The number of nitriles is 3. The Morgan fingerprint density at radius 2 is 0.712 bits per heavy atom. The predicted molar refractivity (Wildman–Crippen MR) is 200 cm³/mol. The van der Waals surface area contributed by atoms with E-state index >= 15 is 0 Å². The number of ether oxygens (including phenoxy) is 4. The lowest BCUT2D eigenvalue weighted by molar-refractivity contribution is 0.458. The van der Waals surface area contributed by atoms with Crippen molar-refractivity contribution in [2.24, 2.45) is 0 Å². The van der Waals surface area contributed by atoms with Gasteiger partial charge in [-0.05, 0) is 107 Å². The highest BCUT2D eigenvalue weighted by atomic mass is 35.5. The Morgan fingerprint density at radius 1 is 0.365 bits per heavy atom. The van der Waals surface area contributed by atoms with Gasteiger partial charge in [-0.1, -0.05) is 77.8 Å². The van der Waals surface area contributed by atoms with E-state index in [0.717, 1.165) is 21.9 Å². The molecule has 0 saturated carbocycles. The molecule has 0 amide bonds. The first-order valence-corrected chi connectivity index (χ1v) is 16.5. The van der Waals surface area contributed by atoms with Gasteiger partial charge in [0.15, 0.2) is 0 Å². The van der Waals surface area contributed by atoms with Crippen molar-refractivity contribution in [1.29, 1.82) is 15.8 Å². The molecule has 0 saturated heterocycles. The summed E-state index contributed by atoms with van der Waals surface area (Å²) in [5, 5.41) is 31.5. The summed E-state index contributed by atoms with van der Waals surface area (Å²) in [4.78, 5) is 0. The smallest absolute Gasteiger partial charge is 0.149 e. The normalized spacial score (nSPS) is 10.4. The molecule has 0 aromatic heterocycles. The van der Waals surface area contributed by atoms with E-state index in [4.69, 9.17) is 42.1 Å². The molecule has 0 fully saturated rings. The fourth-order valence-electron chi connectivity index (χ4n) is 5.46. The van der Waals surface area contributed by atoms with Crippen LogP contribution in [0.4, 0.5) is 0 Å². The minimum absolute atomic E-state index is 0.239. The van der Waals surface area contributed by atoms with Crippen LogP contribution in [-0.2, 0) is 0 Å². The molecule has 7 rings (SSSR count). The van der Waals surface area contributed by atoms with Crippen molar-refractivity contribution in [1.82, 2.24) is 0 Å². The van der Waals surface area contributed by atoms with Gasteiger partial charge in [-0.25, -0.2) is 0 Å². The number of benzene rings is 7. The Labute approximate surface area is 309 Å². The third kappa shape index (κ3) is 7.17. The lowest BCUT2D eigenvalue weighted by atomic mass is 10.1. The molecule has 0 atom stereocenters. The molecular formula is C43H23Cl2N3O4. The van der Waals surface area contributed by atoms with Gasteiger partial charge in [-0.15, -0.1) is 0 Å². The first kappa shape index (κ1) is 33.5. The molecule has 0 bridgehead atoms. The highest BCUT2D eigenvalue weighted by Crippen LogP contribution is 2.37. The van der Waals surface area contributed by atoms with Crippen LogP contribution in [0.25, 0.3) is 21.9 Å². The summed E-state index contributed by atoms with van der Waals surface area (Å²) in [5.41, 5.74) is 2.67. The van der Waals surface area contributed by atoms with Crippen LogP contribution in [0.1, 0.15) is 16.7 Å². The Kier molecular flexibility index (Phi) is 9.60. The van der Waals surface area contributed by atoms with E-state index in [1.54, 1.807) is 54.6 Å². The molecule has 7 nitrogen and oxygen atoms in total. The Morgan fingerprint density at radius 3 is 1.12 bits per heavy atom. The number of nitrogens with zero attached hydrogens (tertiary/aromatic N) is 3. The van der Waals surface area contributed by atoms with Gasteiger partial charge in [0.2, 0.25) is 0 Å². The first-order chi connectivity index (χ1) is 25.4. The Balaban J connectivity index is 1.05. The highest BCUT2D eigenvalue weighted by molar-refractivity contribution is 6.32. The van der Waals surface area contributed by atoms with E-state index in [1.807, 2.05) is 84.9 Å². The van der Waals surface area contributed by atoms with Gasteiger partial charge in [0.1, 0.15) is 80.9 Å². The number of rotatable bonds is 9. The second-order valence-electron chi connectivity index (χ2n) is 11.3. The number of halogens is 2. The topological polar surface area (TPSA) is 108 Å². The molecule has 0 N–H and O–H groups in total. The average molecular weight is 717 g/mol. The van der Waals surface area contributed by atoms with Gasteiger partial charge in [-0.2, -0.15) is 15.8 Å². The van der Waals surface area contributed by atoms with Gasteiger partial charge < -0.3 is 18.9 Å². The van der Waals surface area contributed by atoms with Crippen molar-refractivity contribution in [2.45, 2.75) is 0 Å². The summed E-state index contributed by atoms with van der Waals surface area (Å²) in [5.74, 6) is 3.58. The predicted octanol–water partition coefficient (Wildman–Crippen LogP) is 12.6. The van der Waals surface area contributed by atoms with Crippen molar-refractivity contribution in [3.63, 3.8) is 0 Å². The molecule has 9 heteroatoms. The zero-order valence-electron chi connectivity index (χ0n) is 27.0. The summed E-state index contributed by atoms with van der Waals surface area (Å²) >= 11 is 12.3. The van der Waals surface area contributed by atoms with Crippen molar-refractivity contribution in [3.05, 3.63) is 166 Å². The van der Waals surface area contributed by atoms with Gasteiger partial charge in [0.05, 0.1) is 10.0 Å². The SMILES string of the molecule is N#Cc1c(Cl)cccc1Oc1ccc(-c2ccc(Oc3cccc(Oc4ccc5ccc(Oc6cccc(Cl)c6C#N)cc5c4)c3C#N)cc2)cc1. The molecule has 7 aromatic carbocycles. The molecule has 0 unspecified atom stereocenters. The molecule has 0 radical (unpaired) electrons. The second-order valence-corrected chi connectivity index (χ2v) is 12.1. The maximum Gasteiger partial charge on any atom is 0.149 e. The van der Waals surface area contributed by atoms with Crippen molar-refractivity contribution in [3.8, 4) is 75.3 Å². The second kappa shape index (κ2) is 14.9. The van der Waals surface area contributed by atoms with Crippen LogP contribution in [0.3, 0.4) is 0 Å². The fraction of sp³-hybridized carbons (Fsp3) is 0. The minimum Gasteiger partial charge on any atom is -0.456 e. The van der Waals surface area contributed by atoms with E-state index in [-0.39, 0.29) is 16.7 Å². The first-order valence-electron chi connectivity index (χ1n) is 15.8. The van der Waals surface area contributed by atoms with E-state index < -0.39 is 0 Å². The third-order valence-corrected chi connectivity index (χ3v) is 8.64. The van der Waals surface area contributed by atoms with Gasteiger partial charge in [0.25, 0.3) is 0 Å². The van der Waals surface area contributed by atoms with Gasteiger partial charge >= 0.3 is 0 Å². The highest BCUT2D eigenvalue weighted by Gasteiger charge is 2.15. The van der Waals surface area contributed by atoms with Crippen LogP contribution >= 0.6 is 23.2 Å². The number of fused-ring (bicyclic) bond motifs is 1. The maximum atomic E-state index is 10.1. The van der Waals surface area contributed by atoms with Crippen LogP contribution in [-0.4, -0.2) is 0 Å². The van der Waals surface area contributed by atoms with Crippen molar-refractivity contribution >= 4 is 34.0 Å². The molecule has 248 valence electrons. The van der Waals surface area contributed by atoms with E-state index in [0.29, 0.717) is 56.0 Å². The largest absolute Gasteiger partial charge is 0.456 e. The van der Waals surface area contributed by atoms with E-state index in [2.05, 4.69) is 18.2 Å². The molecule has 0 aliphatic rings. The maximum absolute atomic E-state index is 10.1. The van der Waals surface area contributed by atoms with E-state index in [9.17, 15) is 15.8 Å². The van der Waals surface area contributed by atoms with Crippen molar-refractivity contribution in [2.75, 3.05) is 0 Å². The van der Waals surface area contributed by atoms with Gasteiger partial charge in [0, 0.05) is 0 Å². The van der Waals surface area contributed by atoms with Crippen LogP contribution in [0.2, 0.25) is 10.0 Å². The standard InChI is InChI=1S/C43H23Cl2N3O4/c44-38-4-1-6-40(35(38)24-46)49-31-16-10-27(11-17-31)28-12-18-32(19-13-28)50-42-8-3-9-43(37(42)26-48)52-34-21-15-29-14-20-33(22-30(29)23-34)51-41-7-2-5-39(45)36(41)25-47/h1-23H. The van der Waals surface area contributed by atoms with Gasteiger partial charge in [-0.3, -0.25) is 0 Å². The lowest BCUT2D eigenvalue weighted by Crippen LogP contribution is -1.93. The quantitative estimate of drug-likeness (QED) is 0.146. The summed E-state index contributed by atoms with van der Waals surface area (Å²) in [6.07, 6.45) is 0. The number of hydrogen-bond donors (Lipinski definition) is 0. The zero-order valence-corrected chi connectivity index (χ0v) is 28.5. The number of hydrogen-bond acceptors (Lipinski definition) is 7. The van der Waals surface area contributed by atoms with Crippen LogP contribution < -0.4 is 18.9 Å².